The van der Waals surface area contributed by atoms with Crippen LogP contribution in [0.1, 0.15) is 63.7 Å². The van der Waals surface area contributed by atoms with Crippen molar-refractivity contribution in [1.29, 1.82) is 0 Å². The van der Waals surface area contributed by atoms with Crippen molar-refractivity contribution >= 4 is 21.7 Å². The highest BCUT2D eigenvalue weighted by Crippen LogP contribution is 2.19. The Morgan fingerprint density at radius 3 is 2.07 bits per heavy atom. The van der Waals surface area contributed by atoms with E-state index >= 15 is 0 Å². The molecule has 28 heavy (non-hydrogen) atoms. The van der Waals surface area contributed by atoms with E-state index in [1.807, 2.05) is 18.7 Å². The van der Waals surface area contributed by atoms with Gasteiger partial charge in [0.15, 0.2) is 9.84 Å². The average molecular weight is 409 g/mol. The van der Waals surface area contributed by atoms with Crippen LogP contribution < -0.4 is 5.32 Å². The van der Waals surface area contributed by atoms with E-state index in [0.29, 0.717) is 18.7 Å². The summed E-state index contributed by atoms with van der Waals surface area (Å²) in [6.07, 6.45) is 3.18. The summed E-state index contributed by atoms with van der Waals surface area (Å²) < 4.78 is 24.3. The van der Waals surface area contributed by atoms with Crippen LogP contribution in [0, 0.1) is 5.92 Å². The second kappa shape index (κ2) is 9.54. The maximum atomic E-state index is 12.5. The highest BCUT2D eigenvalue weighted by Gasteiger charge is 2.27. The number of carbonyl (C=O) groups is 2. The van der Waals surface area contributed by atoms with Gasteiger partial charge in [0.05, 0.1) is 10.1 Å². The van der Waals surface area contributed by atoms with E-state index in [1.54, 1.807) is 26.0 Å². The molecule has 0 aliphatic carbocycles. The summed E-state index contributed by atoms with van der Waals surface area (Å²) in [6, 6.07) is 6.10. The largest absolute Gasteiger partial charge is 0.349 e. The lowest BCUT2D eigenvalue weighted by molar-refractivity contribution is -0.136. The molecule has 1 aliphatic rings. The minimum Gasteiger partial charge on any atom is -0.349 e. The number of benzene rings is 1. The predicted molar refractivity (Wildman–Crippen MR) is 110 cm³/mol. The number of likely N-dealkylation sites (tertiary alicyclic amines) is 1. The van der Waals surface area contributed by atoms with Gasteiger partial charge in [-0.2, -0.15) is 0 Å². The van der Waals surface area contributed by atoms with Crippen molar-refractivity contribution in [2.24, 2.45) is 5.92 Å². The van der Waals surface area contributed by atoms with Crippen LogP contribution in [-0.2, 0) is 14.6 Å². The van der Waals surface area contributed by atoms with E-state index in [1.165, 1.54) is 12.1 Å². The van der Waals surface area contributed by atoms with Gasteiger partial charge in [-0.1, -0.05) is 13.8 Å². The molecular weight excluding hydrogens is 376 g/mol. The first kappa shape index (κ1) is 22.4. The zero-order valence-electron chi connectivity index (χ0n) is 17.3. The number of piperidine rings is 1. The molecule has 0 radical (unpaired) electrons. The number of sulfone groups is 1. The van der Waals surface area contributed by atoms with Crippen LogP contribution in [0.2, 0.25) is 0 Å². The Morgan fingerprint density at radius 1 is 1.07 bits per heavy atom. The molecule has 1 saturated heterocycles. The second-order valence-electron chi connectivity index (χ2n) is 7.70. The maximum Gasteiger partial charge on any atom is 0.251 e. The van der Waals surface area contributed by atoms with Crippen molar-refractivity contribution < 1.29 is 18.0 Å². The van der Waals surface area contributed by atoms with Gasteiger partial charge in [0.2, 0.25) is 5.91 Å². The number of nitrogens with one attached hydrogen (secondary N) is 1. The fourth-order valence-corrected chi connectivity index (χ4v) is 4.54. The first-order chi connectivity index (χ1) is 13.2. The zero-order valence-corrected chi connectivity index (χ0v) is 18.1. The average Bonchev–Trinajstić information content (AvgIpc) is 2.69. The Kier molecular flexibility index (Phi) is 7.63. The first-order valence-corrected chi connectivity index (χ1v) is 11.7. The third kappa shape index (κ3) is 5.13. The van der Waals surface area contributed by atoms with E-state index in [-0.39, 0.29) is 28.7 Å². The SMILES string of the molecule is CCC(CC)C(=O)N1CCC(NC(=O)c2ccc(S(=O)(=O)C(C)C)cc2)CC1. The molecule has 1 heterocycles. The summed E-state index contributed by atoms with van der Waals surface area (Å²) in [5, 5.41) is 2.51. The number of hydrogen-bond donors (Lipinski definition) is 1. The molecule has 6 nitrogen and oxygen atoms in total. The van der Waals surface area contributed by atoms with Crippen LogP contribution in [-0.4, -0.2) is 49.5 Å². The molecule has 0 bridgehead atoms. The number of hydrogen-bond acceptors (Lipinski definition) is 4. The molecule has 0 aromatic heterocycles. The van der Waals surface area contributed by atoms with Gasteiger partial charge in [0.25, 0.3) is 5.91 Å². The van der Waals surface area contributed by atoms with Crippen molar-refractivity contribution in [3.05, 3.63) is 29.8 Å². The van der Waals surface area contributed by atoms with Crippen molar-refractivity contribution in [3.8, 4) is 0 Å². The summed E-state index contributed by atoms with van der Waals surface area (Å²) >= 11 is 0. The van der Waals surface area contributed by atoms with Crippen molar-refractivity contribution in [2.45, 2.75) is 69.6 Å². The Hall–Kier alpha value is -1.89. The van der Waals surface area contributed by atoms with Crippen molar-refractivity contribution in [2.75, 3.05) is 13.1 Å². The van der Waals surface area contributed by atoms with Gasteiger partial charge in [0.1, 0.15) is 0 Å². The third-order valence-electron chi connectivity index (χ3n) is 5.54. The topological polar surface area (TPSA) is 83.6 Å². The van der Waals surface area contributed by atoms with E-state index in [2.05, 4.69) is 5.32 Å². The maximum absolute atomic E-state index is 12.5. The predicted octanol–water partition coefficient (Wildman–Crippen LogP) is 3.03. The van der Waals surface area contributed by atoms with E-state index in [9.17, 15) is 18.0 Å². The van der Waals surface area contributed by atoms with Crippen LogP contribution in [0.4, 0.5) is 0 Å². The minimum atomic E-state index is -3.34. The molecule has 1 aromatic carbocycles. The monoisotopic (exact) mass is 408 g/mol. The molecule has 0 spiro atoms. The van der Waals surface area contributed by atoms with Crippen LogP contribution in [0.5, 0.6) is 0 Å². The van der Waals surface area contributed by atoms with Gasteiger partial charge < -0.3 is 10.2 Å². The molecule has 0 unspecified atom stereocenters. The molecular formula is C21H32N2O4S. The molecule has 0 atom stereocenters. The van der Waals surface area contributed by atoms with E-state index in [4.69, 9.17) is 0 Å². The fraction of sp³-hybridized carbons (Fsp3) is 0.619. The molecule has 2 rings (SSSR count). The molecule has 1 N–H and O–H groups in total. The summed E-state index contributed by atoms with van der Waals surface area (Å²) in [4.78, 5) is 27.1. The highest BCUT2D eigenvalue weighted by atomic mass is 32.2. The van der Waals surface area contributed by atoms with Gasteiger partial charge in [-0.25, -0.2) is 8.42 Å². The Bertz CT molecular complexity index is 775. The standard InChI is InChI=1S/C21H32N2O4S/c1-5-16(6-2)21(25)23-13-11-18(12-14-23)22-20(24)17-7-9-19(10-8-17)28(26,27)15(3)4/h7-10,15-16,18H,5-6,11-14H2,1-4H3,(H,22,24). The Morgan fingerprint density at radius 2 is 1.61 bits per heavy atom. The summed E-state index contributed by atoms with van der Waals surface area (Å²) in [5.74, 6) is 0.0989. The van der Waals surface area contributed by atoms with Crippen LogP contribution >= 0.6 is 0 Å². The summed E-state index contributed by atoms with van der Waals surface area (Å²) in [7, 11) is -3.34. The molecule has 0 saturated carbocycles. The smallest absolute Gasteiger partial charge is 0.251 e. The normalized spacial score (nSPS) is 15.9. The zero-order chi connectivity index (χ0) is 20.9. The fourth-order valence-electron chi connectivity index (χ4n) is 3.48. The van der Waals surface area contributed by atoms with Crippen LogP contribution in [0.15, 0.2) is 29.2 Å². The first-order valence-electron chi connectivity index (χ1n) is 10.1. The lowest BCUT2D eigenvalue weighted by Gasteiger charge is -2.34. The van der Waals surface area contributed by atoms with Gasteiger partial charge in [0, 0.05) is 30.6 Å². The Balaban J connectivity index is 1.92. The number of rotatable bonds is 7. The van der Waals surface area contributed by atoms with Gasteiger partial charge in [-0.05, 0) is 63.8 Å². The Labute approximate surface area is 168 Å². The lowest BCUT2D eigenvalue weighted by atomic mass is 9.98. The molecule has 7 heteroatoms. The highest BCUT2D eigenvalue weighted by molar-refractivity contribution is 7.92. The summed E-state index contributed by atoms with van der Waals surface area (Å²) in [5.41, 5.74) is 0.443. The van der Waals surface area contributed by atoms with Gasteiger partial charge >= 0.3 is 0 Å². The van der Waals surface area contributed by atoms with Gasteiger partial charge in [-0.15, -0.1) is 0 Å². The number of carbonyl (C=O) groups excluding carboxylic acids is 2. The van der Waals surface area contributed by atoms with Crippen molar-refractivity contribution in [1.82, 2.24) is 10.2 Å². The van der Waals surface area contributed by atoms with E-state index < -0.39 is 15.1 Å². The molecule has 156 valence electrons. The third-order valence-corrected chi connectivity index (χ3v) is 7.71. The molecule has 1 aliphatic heterocycles. The summed E-state index contributed by atoms with van der Waals surface area (Å²) in [6.45, 7) is 8.66. The molecule has 2 amide bonds. The number of amides is 2. The minimum absolute atomic E-state index is 0.0253. The molecule has 1 aromatic rings. The van der Waals surface area contributed by atoms with Gasteiger partial charge in [-0.3, -0.25) is 9.59 Å². The lowest BCUT2D eigenvalue weighted by Crippen LogP contribution is -2.48. The number of nitrogens with zero attached hydrogens (tertiary/aromatic N) is 1. The van der Waals surface area contributed by atoms with Crippen molar-refractivity contribution in [3.63, 3.8) is 0 Å². The van der Waals surface area contributed by atoms with Crippen LogP contribution in [0.25, 0.3) is 0 Å². The second-order valence-corrected chi connectivity index (χ2v) is 10.2. The van der Waals surface area contributed by atoms with E-state index in [0.717, 1.165) is 25.7 Å². The molecule has 1 fully saturated rings. The van der Waals surface area contributed by atoms with Crippen LogP contribution in [0.3, 0.4) is 0 Å². The quantitative estimate of drug-likeness (QED) is 0.752.